The van der Waals surface area contributed by atoms with Gasteiger partial charge in [-0.05, 0) is 35.1 Å². The Morgan fingerprint density at radius 1 is 1.11 bits per heavy atom. The number of ketones is 1. The summed E-state index contributed by atoms with van der Waals surface area (Å²) in [7, 11) is 0. The molecule has 0 aliphatic carbocycles. The molecule has 3 atom stereocenters. The lowest BCUT2D eigenvalue weighted by atomic mass is 9.91. The van der Waals surface area contributed by atoms with Crippen LogP contribution in [-0.4, -0.2) is 75.6 Å². The second-order valence-corrected chi connectivity index (χ2v) is 10.9. The van der Waals surface area contributed by atoms with Gasteiger partial charge in [0.15, 0.2) is 5.78 Å². The fourth-order valence-electron chi connectivity index (χ4n) is 5.69. The summed E-state index contributed by atoms with van der Waals surface area (Å²) in [4.78, 5) is 43.3. The van der Waals surface area contributed by atoms with Gasteiger partial charge in [0.1, 0.15) is 11.6 Å². The van der Waals surface area contributed by atoms with Crippen LogP contribution in [0.2, 0.25) is 0 Å². The van der Waals surface area contributed by atoms with E-state index < -0.39 is 23.8 Å². The van der Waals surface area contributed by atoms with E-state index in [0.29, 0.717) is 18.5 Å². The lowest BCUT2D eigenvalue weighted by Gasteiger charge is -2.36. The van der Waals surface area contributed by atoms with Crippen molar-refractivity contribution >= 4 is 17.6 Å². The van der Waals surface area contributed by atoms with Gasteiger partial charge in [-0.25, -0.2) is 0 Å². The third-order valence-corrected chi connectivity index (χ3v) is 7.84. The number of β-amino-alcohol motifs (C(OH)–C–C–N with tert-alkyl or cyclic N) is 1. The number of hydrogen-bond acceptors (Lipinski definition) is 6. The predicted molar refractivity (Wildman–Crippen MR) is 136 cm³/mol. The zero-order valence-electron chi connectivity index (χ0n) is 21.3. The molecule has 0 bridgehead atoms. The summed E-state index contributed by atoms with van der Waals surface area (Å²) in [6.07, 6.45) is 0.155. The zero-order chi connectivity index (χ0) is 26.3. The van der Waals surface area contributed by atoms with E-state index in [1.54, 1.807) is 11.0 Å². The number of fused-ring (bicyclic) bond motifs is 1. The molecule has 5 rings (SSSR count). The molecule has 2 aromatic rings. The number of nitrogens with zero attached hydrogens (tertiary/aromatic N) is 2. The van der Waals surface area contributed by atoms with Crippen LogP contribution in [0.3, 0.4) is 0 Å². The van der Waals surface area contributed by atoms with Crippen LogP contribution in [0.15, 0.2) is 48.5 Å². The number of likely N-dealkylation sites (tertiary alicyclic amines) is 1. The SMILES string of the molecule is CC(C)[C@@H](C(=O)N1C[C@H](O)CC1C(=O)CCc1ccc(C2(O)COC2)cc1)N1Cc2ccccc2C1=O. The van der Waals surface area contributed by atoms with Crippen molar-refractivity contribution < 1.29 is 29.3 Å². The van der Waals surface area contributed by atoms with Crippen LogP contribution in [0, 0.1) is 5.92 Å². The first-order chi connectivity index (χ1) is 17.7. The van der Waals surface area contributed by atoms with E-state index >= 15 is 0 Å². The van der Waals surface area contributed by atoms with Gasteiger partial charge < -0.3 is 24.7 Å². The topological polar surface area (TPSA) is 107 Å². The Balaban J connectivity index is 1.27. The molecule has 0 aromatic heterocycles. The highest BCUT2D eigenvalue weighted by Crippen LogP contribution is 2.31. The van der Waals surface area contributed by atoms with E-state index in [1.807, 2.05) is 56.3 Å². The van der Waals surface area contributed by atoms with Crippen molar-refractivity contribution in [1.82, 2.24) is 9.80 Å². The Morgan fingerprint density at radius 3 is 2.43 bits per heavy atom. The average Bonchev–Trinajstić information content (AvgIpc) is 3.41. The number of hydrogen-bond donors (Lipinski definition) is 2. The van der Waals surface area contributed by atoms with Gasteiger partial charge in [-0.2, -0.15) is 0 Å². The molecule has 2 fully saturated rings. The fourth-order valence-corrected chi connectivity index (χ4v) is 5.69. The van der Waals surface area contributed by atoms with E-state index in [2.05, 4.69) is 0 Å². The molecule has 37 heavy (non-hydrogen) atoms. The summed E-state index contributed by atoms with van der Waals surface area (Å²) in [5.41, 5.74) is 2.32. The van der Waals surface area contributed by atoms with Crippen molar-refractivity contribution in [2.75, 3.05) is 19.8 Å². The van der Waals surface area contributed by atoms with Gasteiger partial charge in [-0.1, -0.05) is 56.3 Å². The number of carbonyl (C=O) groups is 3. The molecule has 3 aliphatic rings. The average molecular weight is 507 g/mol. The number of rotatable bonds is 8. The van der Waals surface area contributed by atoms with Gasteiger partial charge in [0.25, 0.3) is 5.91 Å². The molecule has 3 aliphatic heterocycles. The number of amides is 2. The molecule has 0 saturated carbocycles. The summed E-state index contributed by atoms with van der Waals surface area (Å²) in [5.74, 6) is -0.717. The minimum Gasteiger partial charge on any atom is -0.391 e. The van der Waals surface area contributed by atoms with E-state index in [-0.39, 0.29) is 56.1 Å². The van der Waals surface area contributed by atoms with E-state index in [9.17, 15) is 24.6 Å². The Labute approximate surface area is 216 Å². The predicted octanol–water partition coefficient (Wildman–Crippen LogP) is 2.05. The van der Waals surface area contributed by atoms with Crippen LogP contribution in [0.1, 0.15) is 53.7 Å². The van der Waals surface area contributed by atoms with Crippen LogP contribution >= 0.6 is 0 Å². The van der Waals surface area contributed by atoms with Crippen LogP contribution < -0.4 is 0 Å². The molecule has 8 nitrogen and oxygen atoms in total. The highest BCUT2D eigenvalue weighted by Gasteiger charge is 2.45. The minimum atomic E-state index is -0.930. The molecule has 3 heterocycles. The van der Waals surface area contributed by atoms with Crippen LogP contribution in [-0.2, 0) is 32.9 Å². The normalized spacial score (nSPS) is 23.2. The Morgan fingerprint density at radius 2 is 1.81 bits per heavy atom. The van der Waals surface area contributed by atoms with Gasteiger partial charge in [-0.15, -0.1) is 0 Å². The molecule has 8 heteroatoms. The van der Waals surface area contributed by atoms with E-state index in [4.69, 9.17) is 4.74 Å². The van der Waals surface area contributed by atoms with Crippen molar-refractivity contribution in [1.29, 1.82) is 0 Å². The standard InChI is InChI=1S/C29H34N2O6/c1-18(2)26(31-14-20-5-3-4-6-23(20)27(31)34)28(35)30-15-22(32)13-24(30)25(33)12-9-19-7-10-21(11-8-19)29(36)16-37-17-29/h3-8,10-11,18,22,24,26,32,36H,9,12-17H2,1-2H3/t22-,24?,26+/m1/s1. The molecular weight excluding hydrogens is 472 g/mol. The van der Waals surface area contributed by atoms with E-state index in [0.717, 1.165) is 16.7 Å². The maximum atomic E-state index is 13.8. The number of aliphatic hydroxyl groups is 2. The van der Waals surface area contributed by atoms with Gasteiger partial charge in [0.2, 0.25) is 5.91 Å². The number of aliphatic hydroxyl groups excluding tert-OH is 1. The summed E-state index contributed by atoms with van der Waals surface area (Å²) in [6.45, 7) is 4.81. The lowest BCUT2D eigenvalue weighted by molar-refractivity contribution is -0.184. The summed E-state index contributed by atoms with van der Waals surface area (Å²) in [5, 5.41) is 20.8. The van der Waals surface area contributed by atoms with Crippen LogP contribution in [0.4, 0.5) is 0 Å². The second-order valence-electron chi connectivity index (χ2n) is 10.9. The number of carbonyl (C=O) groups excluding carboxylic acids is 3. The lowest BCUT2D eigenvalue weighted by Crippen LogP contribution is -2.54. The van der Waals surface area contributed by atoms with Gasteiger partial charge in [0.05, 0.1) is 25.4 Å². The van der Waals surface area contributed by atoms with Gasteiger partial charge >= 0.3 is 0 Å². The fraction of sp³-hybridized carbons (Fsp3) is 0.483. The highest BCUT2D eigenvalue weighted by atomic mass is 16.5. The molecule has 2 amide bonds. The minimum absolute atomic E-state index is 0.0861. The maximum absolute atomic E-state index is 13.8. The Bertz CT molecular complexity index is 1190. The van der Waals surface area contributed by atoms with Crippen molar-refractivity contribution in [2.45, 2.75) is 63.4 Å². The molecule has 2 N–H and O–H groups in total. The first-order valence-electron chi connectivity index (χ1n) is 13.0. The molecule has 1 unspecified atom stereocenters. The molecule has 0 radical (unpaired) electrons. The van der Waals surface area contributed by atoms with Crippen molar-refractivity contribution in [3.8, 4) is 0 Å². The smallest absolute Gasteiger partial charge is 0.255 e. The first-order valence-corrected chi connectivity index (χ1v) is 13.0. The van der Waals surface area contributed by atoms with Crippen LogP contribution in [0.5, 0.6) is 0 Å². The third-order valence-electron chi connectivity index (χ3n) is 7.84. The number of benzene rings is 2. The zero-order valence-corrected chi connectivity index (χ0v) is 21.3. The summed E-state index contributed by atoms with van der Waals surface area (Å²) >= 11 is 0. The maximum Gasteiger partial charge on any atom is 0.255 e. The molecule has 2 saturated heterocycles. The quantitative estimate of drug-likeness (QED) is 0.568. The van der Waals surface area contributed by atoms with Gasteiger partial charge in [-0.3, -0.25) is 14.4 Å². The highest BCUT2D eigenvalue weighted by molar-refractivity contribution is 6.01. The molecule has 0 spiro atoms. The van der Waals surface area contributed by atoms with Crippen molar-refractivity contribution in [3.05, 3.63) is 70.8 Å². The monoisotopic (exact) mass is 506 g/mol. The first kappa shape index (κ1) is 25.6. The van der Waals surface area contributed by atoms with Crippen LogP contribution in [0.25, 0.3) is 0 Å². The van der Waals surface area contributed by atoms with Crippen molar-refractivity contribution in [2.24, 2.45) is 5.92 Å². The van der Waals surface area contributed by atoms with Crippen molar-refractivity contribution in [3.63, 3.8) is 0 Å². The number of aryl methyl sites for hydroxylation is 1. The number of ether oxygens (including phenoxy) is 1. The number of Topliss-reactive ketones (excluding diaryl/α,β-unsaturated/α-hetero) is 1. The second kappa shape index (κ2) is 10.0. The summed E-state index contributed by atoms with van der Waals surface area (Å²) < 4.78 is 5.11. The molecule has 196 valence electrons. The Hall–Kier alpha value is -3.07. The largest absolute Gasteiger partial charge is 0.391 e. The summed E-state index contributed by atoms with van der Waals surface area (Å²) in [6, 6.07) is 13.5. The third kappa shape index (κ3) is 4.81. The Kier molecular flexibility index (Phi) is 6.91. The molecular formula is C29H34N2O6. The van der Waals surface area contributed by atoms with E-state index in [1.165, 1.54) is 4.90 Å². The van der Waals surface area contributed by atoms with Gasteiger partial charge in [0, 0.05) is 31.5 Å². The molecule has 2 aromatic carbocycles.